The quantitative estimate of drug-likeness (QED) is 0.417. The van der Waals surface area contributed by atoms with E-state index in [0.29, 0.717) is 24.8 Å². The lowest BCUT2D eigenvalue weighted by Gasteiger charge is -2.28. The van der Waals surface area contributed by atoms with Crippen LogP contribution in [0.2, 0.25) is 0 Å². The molecule has 1 heterocycles. The molecule has 1 saturated carbocycles. The molecule has 23 heavy (non-hydrogen) atoms. The van der Waals surface area contributed by atoms with Crippen LogP contribution in [-0.2, 0) is 14.3 Å². The van der Waals surface area contributed by atoms with Crippen molar-refractivity contribution in [2.45, 2.75) is 71.5 Å². The van der Waals surface area contributed by atoms with Crippen LogP contribution in [0.5, 0.6) is 0 Å². The van der Waals surface area contributed by atoms with Crippen LogP contribution in [-0.4, -0.2) is 23.3 Å². The number of carbonyl (C=O) groups is 2. The van der Waals surface area contributed by atoms with Crippen LogP contribution in [0.15, 0.2) is 23.8 Å². The predicted octanol–water partition coefficient (Wildman–Crippen LogP) is 4.02. The first-order valence-electron chi connectivity index (χ1n) is 8.78. The van der Waals surface area contributed by atoms with Crippen molar-refractivity contribution in [1.29, 1.82) is 0 Å². The highest BCUT2D eigenvalue weighted by atomic mass is 16.6. The van der Waals surface area contributed by atoms with Gasteiger partial charge in [-0.25, -0.2) is 0 Å². The SMILES string of the molecule is C=C1CC[C@H]2O[C@@]2(C)CC=C2[C@@H](C(C)C)C(=O)C[C@]2(C)CC1=O. The molecule has 0 aromatic heterocycles. The lowest BCUT2D eigenvalue weighted by atomic mass is 9.75. The molecule has 0 unspecified atom stereocenters. The Labute approximate surface area is 139 Å². The second-order valence-corrected chi connectivity index (χ2v) is 8.45. The van der Waals surface area contributed by atoms with E-state index < -0.39 is 0 Å². The van der Waals surface area contributed by atoms with Gasteiger partial charge in [-0.15, -0.1) is 0 Å². The Bertz CT molecular complexity index is 600. The van der Waals surface area contributed by atoms with Crippen LogP contribution in [0.3, 0.4) is 0 Å². The Kier molecular flexibility index (Phi) is 3.91. The summed E-state index contributed by atoms with van der Waals surface area (Å²) in [6.07, 6.45) is 5.72. The third-order valence-electron chi connectivity index (χ3n) is 6.03. The zero-order valence-electron chi connectivity index (χ0n) is 14.8. The first kappa shape index (κ1) is 16.6. The van der Waals surface area contributed by atoms with Gasteiger partial charge in [-0.05, 0) is 37.7 Å². The fourth-order valence-electron chi connectivity index (χ4n) is 4.49. The van der Waals surface area contributed by atoms with E-state index in [1.165, 1.54) is 0 Å². The number of carbonyl (C=O) groups excluding carboxylic acids is 2. The first-order valence-corrected chi connectivity index (χ1v) is 8.78. The average Bonchev–Trinajstić information content (AvgIpc) is 3.01. The molecule has 126 valence electrons. The summed E-state index contributed by atoms with van der Waals surface area (Å²) < 4.78 is 5.88. The number of ether oxygens (including phenoxy) is 1. The number of Topliss-reactive ketones (excluding diaryl/α,β-unsaturated/α-hetero) is 2. The highest BCUT2D eigenvalue weighted by Gasteiger charge is 2.53. The smallest absolute Gasteiger partial charge is 0.159 e. The summed E-state index contributed by atoms with van der Waals surface area (Å²) in [7, 11) is 0. The third-order valence-corrected chi connectivity index (χ3v) is 6.03. The maximum atomic E-state index is 12.6. The lowest BCUT2D eigenvalue weighted by molar-refractivity contribution is -0.121. The number of hydrogen-bond donors (Lipinski definition) is 0. The molecular weight excluding hydrogens is 288 g/mol. The molecule has 1 aliphatic heterocycles. The summed E-state index contributed by atoms with van der Waals surface area (Å²) in [6, 6.07) is 0. The Morgan fingerprint density at radius 2 is 1.96 bits per heavy atom. The molecule has 3 aliphatic rings. The van der Waals surface area contributed by atoms with Crippen molar-refractivity contribution in [2.75, 3.05) is 0 Å². The topological polar surface area (TPSA) is 46.7 Å². The molecule has 0 bridgehead atoms. The van der Waals surface area contributed by atoms with E-state index in [9.17, 15) is 9.59 Å². The summed E-state index contributed by atoms with van der Waals surface area (Å²) in [4.78, 5) is 25.2. The van der Waals surface area contributed by atoms with E-state index in [1.807, 2.05) is 0 Å². The number of hydrogen-bond acceptors (Lipinski definition) is 3. The van der Waals surface area contributed by atoms with Crippen LogP contribution in [0.4, 0.5) is 0 Å². The molecule has 3 nitrogen and oxygen atoms in total. The summed E-state index contributed by atoms with van der Waals surface area (Å²) >= 11 is 0. The van der Waals surface area contributed by atoms with Gasteiger partial charge in [0.2, 0.25) is 0 Å². The van der Waals surface area contributed by atoms with Crippen molar-refractivity contribution in [3.63, 3.8) is 0 Å². The third kappa shape index (κ3) is 2.84. The van der Waals surface area contributed by atoms with Gasteiger partial charge in [0, 0.05) is 24.2 Å². The molecule has 0 spiro atoms. The molecular formula is C20H28O3. The minimum Gasteiger partial charge on any atom is -0.366 e. The first-order chi connectivity index (χ1) is 10.7. The van der Waals surface area contributed by atoms with Crippen molar-refractivity contribution in [3.8, 4) is 0 Å². The van der Waals surface area contributed by atoms with E-state index in [2.05, 4.69) is 40.3 Å². The summed E-state index contributed by atoms with van der Waals surface area (Å²) in [5.41, 5.74) is 1.37. The van der Waals surface area contributed by atoms with Gasteiger partial charge in [0.05, 0.1) is 11.7 Å². The molecule has 1 saturated heterocycles. The molecule has 0 aromatic rings. The summed E-state index contributed by atoms with van der Waals surface area (Å²) in [5.74, 6) is 0.604. The van der Waals surface area contributed by atoms with Gasteiger partial charge in [0.25, 0.3) is 0 Å². The van der Waals surface area contributed by atoms with Crippen molar-refractivity contribution < 1.29 is 14.3 Å². The van der Waals surface area contributed by atoms with Gasteiger partial charge in [-0.2, -0.15) is 0 Å². The van der Waals surface area contributed by atoms with Crippen LogP contribution in [0.25, 0.3) is 0 Å². The minimum absolute atomic E-state index is 0.0531. The molecule has 3 heteroatoms. The second kappa shape index (κ2) is 5.41. The zero-order valence-corrected chi connectivity index (χ0v) is 14.8. The van der Waals surface area contributed by atoms with E-state index in [1.54, 1.807) is 0 Å². The fraction of sp³-hybridized carbons (Fsp3) is 0.700. The van der Waals surface area contributed by atoms with E-state index in [4.69, 9.17) is 4.74 Å². The van der Waals surface area contributed by atoms with Crippen LogP contribution in [0, 0.1) is 17.3 Å². The van der Waals surface area contributed by atoms with Gasteiger partial charge in [0.15, 0.2) is 5.78 Å². The van der Waals surface area contributed by atoms with Gasteiger partial charge in [-0.3, -0.25) is 9.59 Å². The monoisotopic (exact) mass is 316 g/mol. The average molecular weight is 316 g/mol. The summed E-state index contributed by atoms with van der Waals surface area (Å²) in [6.45, 7) is 12.4. The Morgan fingerprint density at radius 3 is 2.61 bits per heavy atom. The Hall–Kier alpha value is -1.22. The van der Waals surface area contributed by atoms with E-state index in [0.717, 1.165) is 18.4 Å². The normalized spacial score (nSPS) is 41.3. The molecule has 3 rings (SSSR count). The molecule has 0 N–H and O–H groups in total. The zero-order chi connectivity index (χ0) is 17.0. The van der Waals surface area contributed by atoms with E-state index in [-0.39, 0.29) is 40.5 Å². The maximum Gasteiger partial charge on any atom is 0.159 e. The van der Waals surface area contributed by atoms with Gasteiger partial charge < -0.3 is 4.74 Å². The largest absolute Gasteiger partial charge is 0.366 e. The molecule has 0 aromatic carbocycles. The highest BCUT2D eigenvalue weighted by Crippen LogP contribution is 2.52. The van der Waals surface area contributed by atoms with Crippen molar-refractivity contribution in [1.82, 2.24) is 0 Å². The van der Waals surface area contributed by atoms with Gasteiger partial charge in [-0.1, -0.05) is 39.0 Å². The van der Waals surface area contributed by atoms with E-state index >= 15 is 0 Å². The maximum absolute atomic E-state index is 12.6. The Morgan fingerprint density at radius 1 is 1.26 bits per heavy atom. The number of ketones is 2. The van der Waals surface area contributed by atoms with Crippen LogP contribution < -0.4 is 0 Å². The molecule has 2 fully saturated rings. The molecule has 0 amide bonds. The predicted molar refractivity (Wildman–Crippen MR) is 90.0 cm³/mol. The van der Waals surface area contributed by atoms with Crippen LogP contribution >= 0.6 is 0 Å². The summed E-state index contributed by atoms with van der Waals surface area (Å²) in [5, 5.41) is 0. The molecule has 2 aliphatic carbocycles. The molecule has 4 atom stereocenters. The molecule has 0 radical (unpaired) electrons. The van der Waals surface area contributed by atoms with Crippen LogP contribution in [0.1, 0.15) is 59.8 Å². The second-order valence-electron chi connectivity index (χ2n) is 8.45. The van der Waals surface area contributed by atoms with Crippen molar-refractivity contribution >= 4 is 11.6 Å². The number of epoxide rings is 1. The number of fused-ring (bicyclic) bond motifs is 2. The Balaban J connectivity index is 2.00. The van der Waals surface area contributed by atoms with Crippen molar-refractivity contribution in [2.24, 2.45) is 17.3 Å². The number of rotatable bonds is 1. The standard InChI is InChI=1S/C20H28O3/c1-12(2)18-14-8-9-20(5)17(23-20)7-6-13(3)15(21)10-19(14,4)11-16(18)22/h8,12,17-18H,3,6-7,9-11H2,1-2,4-5H3/t17-,18-,19+,20+/m1/s1. The fourth-order valence-corrected chi connectivity index (χ4v) is 4.49. The van der Waals surface area contributed by atoms with Gasteiger partial charge in [0.1, 0.15) is 5.78 Å². The van der Waals surface area contributed by atoms with Crippen molar-refractivity contribution in [3.05, 3.63) is 23.8 Å². The lowest BCUT2D eigenvalue weighted by Crippen LogP contribution is -2.23. The highest BCUT2D eigenvalue weighted by molar-refractivity contribution is 5.97. The minimum atomic E-state index is -0.350. The number of allylic oxidation sites excluding steroid dienone is 2. The van der Waals surface area contributed by atoms with Gasteiger partial charge >= 0.3 is 0 Å².